The second-order valence-corrected chi connectivity index (χ2v) is 4.10. The number of primary amides is 1. The molecule has 0 spiro atoms. The highest BCUT2D eigenvalue weighted by atomic mass is 16.3. The molecule has 0 aromatic carbocycles. The lowest BCUT2D eigenvalue weighted by molar-refractivity contribution is -0.121. The van der Waals surface area contributed by atoms with Crippen LogP contribution in [0.4, 0.5) is 5.69 Å². The van der Waals surface area contributed by atoms with Crippen molar-refractivity contribution in [3.05, 3.63) is 24.5 Å². The number of carbonyl (C=O) groups excluding carboxylic acids is 1. The van der Waals surface area contributed by atoms with Crippen molar-refractivity contribution in [2.75, 3.05) is 11.4 Å². The summed E-state index contributed by atoms with van der Waals surface area (Å²) >= 11 is 0. The number of hydrogen-bond donors (Lipinski definition) is 3. The zero-order valence-corrected chi connectivity index (χ0v) is 9.28. The third-order valence-electron chi connectivity index (χ3n) is 3.02. The molecule has 1 aromatic heterocycles. The quantitative estimate of drug-likeness (QED) is 0.586. The van der Waals surface area contributed by atoms with Gasteiger partial charge in [0.1, 0.15) is 6.04 Å². The van der Waals surface area contributed by atoms with Crippen LogP contribution in [0.2, 0.25) is 0 Å². The van der Waals surface area contributed by atoms with E-state index >= 15 is 0 Å². The molecule has 1 amide bonds. The first-order chi connectivity index (χ1) is 8.11. The predicted octanol–water partition coefficient (Wildman–Crippen LogP) is -1.37. The summed E-state index contributed by atoms with van der Waals surface area (Å²) in [5, 5.41) is 9.68. The van der Waals surface area contributed by atoms with Crippen LogP contribution < -0.4 is 16.4 Å². The van der Waals surface area contributed by atoms with Gasteiger partial charge in [-0.2, -0.15) is 0 Å². The molecular formula is C11H15N4O2. The second kappa shape index (κ2) is 4.68. The van der Waals surface area contributed by atoms with E-state index in [9.17, 15) is 9.90 Å². The van der Waals surface area contributed by atoms with Gasteiger partial charge in [0.15, 0.2) is 0 Å². The molecule has 1 radical (unpaired) electrons. The molecule has 1 aliphatic rings. The van der Waals surface area contributed by atoms with Gasteiger partial charge in [-0.05, 0) is 12.5 Å². The van der Waals surface area contributed by atoms with Crippen LogP contribution in [-0.4, -0.2) is 40.7 Å². The van der Waals surface area contributed by atoms with E-state index in [4.69, 9.17) is 11.5 Å². The van der Waals surface area contributed by atoms with Gasteiger partial charge in [-0.3, -0.25) is 9.78 Å². The minimum Gasteiger partial charge on any atom is -0.391 e. The first-order valence-electron chi connectivity index (χ1n) is 5.42. The average Bonchev–Trinajstić information content (AvgIpc) is 2.33. The number of pyridine rings is 1. The lowest BCUT2D eigenvalue weighted by atomic mass is 9.93. The molecule has 6 nitrogen and oxygen atoms in total. The van der Waals surface area contributed by atoms with Gasteiger partial charge in [0.05, 0.1) is 12.1 Å². The van der Waals surface area contributed by atoms with Crippen LogP contribution in [0.5, 0.6) is 0 Å². The van der Waals surface area contributed by atoms with Crippen LogP contribution in [0.3, 0.4) is 0 Å². The van der Waals surface area contributed by atoms with Crippen LogP contribution in [0.15, 0.2) is 18.5 Å². The third kappa shape index (κ3) is 2.22. The predicted molar refractivity (Wildman–Crippen MR) is 62.0 cm³/mol. The Kier molecular flexibility index (Phi) is 3.26. The van der Waals surface area contributed by atoms with Gasteiger partial charge < -0.3 is 21.5 Å². The van der Waals surface area contributed by atoms with E-state index < -0.39 is 24.1 Å². The lowest BCUT2D eigenvalue weighted by Crippen LogP contribution is -2.63. The smallest absolute Gasteiger partial charge is 0.241 e. The molecule has 1 saturated heterocycles. The summed E-state index contributed by atoms with van der Waals surface area (Å²) < 4.78 is 0. The number of hydrogen-bond acceptors (Lipinski definition) is 5. The van der Waals surface area contributed by atoms with Crippen molar-refractivity contribution in [2.24, 2.45) is 11.5 Å². The van der Waals surface area contributed by atoms with Crippen molar-refractivity contribution < 1.29 is 9.90 Å². The first-order valence-corrected chi connectivity index (χ1v) is 5.42. The molecule has 1 fully saturated rings. The maximum Gasteiger partial charge on any atom is 0.241 e. The summed E-state index contributed by atoms with van der Waals surface area (Å²) in [7, 11) is 0. The number of nitrogens with two attached hydrogens (primary N) is 2. The van der Waals surface area contributed by atoms with E-state index in [-0.39, 0.29) is 0 Å². The molecule has 1 aliphatic heterocycles. The second-order valence-electron chi connectivity index (χ2n) is 4.10. The molecule has 0 saturated carbocycles. The van der Waals surface area contributed by atoms with Gasteiger partial charge in [0.2, 0.25) is 5.91 Å². The average molecular weight is 235 g/mol. The zero-order chi connectivity index (χ0) is 12.4. The molecule has 91 valence electrons. The monoisotopic (exact) mass is 235 g/mol. The molecule has 6 heteroatoms. The summed E-state index contributed by atoms with van der Waals surface area (Å²) in [5.41, 5.74) is 11.9. The Morgan fingerprint density at radius 2 is 2.41 bits per heavy atom. The fourth-order valence-electron chi connectivity index (χ4n) is 2.12. The summed E-state index contributed by atoms with van der Waals surface area (Å²) in [4.78, 5) is 17.1. The van der Waals surface area contributed by atoms with Gasteiger partial charge >= 0.3 is 0 Å². The fraction of sp³-hybridized carbons (Fsp3) is 0.455. The van der Waals surface area contributed by atoms with E-state index in [2.05, 4.69) is 11.1 Å². The normalized spacial score (nSPS) is 29.1. The van der Waals surface area contributed by atoms with Crippen molar-refractivity contribution in [3.63, 3.8) is 0 Å². The Bertz CT molecular complexity index is 398. The van der Waals surface area contributed by atoms with Crippen LogP contribution in [0, 0.1) is 6.07 Å². The molecule has 2 rings (SSSR count). The molecule has 3 atom stereocenters. The Balaban J connectivity index is 2.29. The maximum atomic E-state index is 11.5. The minimum absolute atomic E-state index is 0.501. The molecule has 1 aromatic rings. The molecule has 0 aliphatic carbocycles. The molecule has 2 heterocycles. The Morgan fingerprint density at radius 1 is 1.65 bits per heavy atom. The number of anilines is 1. The van der Waals surface area contributed by atoms with Crippen molar-refractivity contribution in [3.8, 4) is 0 Å². The van der Waals surface area contributed by atoms with E-state index in [0.717, 1.165) is 0 Å². The molecular weight excluding hydrogens is 220 g/mol. The van der Waals surface area contributed by atoms with E-state index in [1.807, 2.05) is 0 Å². The van der Waals surface area contributed by atoms with Gasteiger partial charge in [0.25, 0.3) is 0 Å². The molecule has 3 unspecified atom stereocenters. The SMILES string of the molecule is NC(=O)C1C(N)C(O)CCN1c1[c]cncc1. The van der Waals surface area contributed by atoms with Gasteiger partial charge in [-0.15, -0.1) is 0 Å². The van der Waals surface area contributed by atoms with Gasteiger partial charge in [-0.1, -0.05) is 0 Å². The largest absolute Gasteiger partial charge is 0.391 e. The fourth-order valence-corrected chi connectivity index (χ4v) is 2.12. The number of aliphatic hydroxyl groups excluding tert-OH is 1. The third-order valence-corrected chi connectivity index (χ3v) is 3.02. The van der Waals surface area contributed by atoms with E-state index in [1.165, 1.54) is 6.20 Å². The first kappa shape index (κ1) is 11.8. The number of aliphatic hydroxyl groups is 1. The van der Waals surface area contributed by atoms with Crippen molar-refractivity contribution in [2.45, 2.75) is 24.6 Å². The van der Waals surface area contributed by atoms with E-state index in [1.54, 1.807) is 17.2 Å². The van der Waals surface area contributed by atoms with Crippen molar-refractivity contribution in [1.82, 2.24) is 4.98 Å². The highest BCUT2D eigenvalue weighted by molar-refractivity contribution is 5.85. The highest BCUT2D eigenvalue weighted by Gasteiger charge is 2.38. The lowest BCUT2D eigenvalue weighted by Gasteiger charge is -2.41. The molecule has 5 N–H and O–H groups in total. The minimum atomic E-state index is -0.711. The topological polar surface area (TPSA) is 105 Å². The van der Waals surface area contributed by atoms with Crippen molar-refractivity contribution >= 4 is 11.6 Å². The highest BCUT2D eigenvalue weighted by Crippen LogP contribution is 2.23. The van der Waals surface area contributed by atoms with E-state index in [0.29, 0.717) is 18.7 Å². The van der Waals surface area contributed by atoms with Gasteiger partial charge in [0, 0.05) is 30.7 Å². The standard InChI is InChI=1S/C11H15N4O2/c12-9-8(16)3-6-15(10(9)11(13)17)7-1-4-14-5-2-7/h1,4-5,8-10,16H,3,6,12H2,(H2,13,17). The van der Waals surface area contributed by atoms with Crippen LogP contribution >= 0.6 is 0 Å². The number of carbonyl (C=O) groups is 1. The summed E-state index contributed by atoms with van der Waals surface area (Å²) in [5.74, 6) is -0.540. The van der Waals surface area contributed by atoms with Crippen LogP contribution in [-0.2, 0) is 4.79 Å². The summed E-state index contributed by atoms with van der Waals surface area (Å²) in [6, 6.07) is 3.28. The Labute approximate surface area is 99.2 Å². The Morgan fingerprint density at radius 3 is 3.00 bits per heavy atom. The zero-order valence-electron chi connectivity index (χ0n) is 9.28. The summed E-state index contributed by atoms with van der Waals surface area (Å²) in [6.07, 6.45) is 2.93. The van der Waals surface area contributed by atoms with Crippen molar-refractivity contribution in [1.29, 1.82) is 0 Å². The number of piperidine rings is 1. The van der Waals surface area contributed by atoms with Crippen LogP contribution in [0.1, 0.15) is 6.42 Å². The van der Waals surface area contributed by atoms with Crippen LogP contribution in [0.25, 0.3) is 0 Å². The molecule has 17 heavy (non-hydrogen) atoms. The number of aromatic nitrogens is 1. The summed E-state index contributed by atoms with van der Waals surface area (Å²) in [6.45, 7) is 0.517. The number of rotatable bonds is 2. The molecule has 0 bridgehead atoms. The maximum absolute atomic E-state index is 11.5. The number of amides is 1. The number of nitrogens with zero attached hydrogens (tertiary/aromatic N) is 2. The van der Waals surface area contributed by atoms with Gasteiger partial charge in [-0.25, -0.2) is 0 Å². The Hall–Kier alpha value is -1.66.